The van der Waals surface area contributed by atoms with Gasteiger partial charge in [-0.05, 0) is 54.3 Å². The van der Waals surface area contributed by atoms with Crippen LogP contribution in [-0.4, -0.2) is 25.5 Å². The minimum atomic E-state index is -0.352. The largest absolute Gasteiger partial charge is 0.497 e. The van der Waals surface area contributed by atoms with Gasteiger partial charge in [0, 0.05) is 4.70 Å². The summed E-state index contributed by atoms with van der Waals surface area (Å²) in [5, 5.41) is 0.934. The number of hydrogen-bond acceptors (Lipinski definition) is 5. The molecule has 3 rings (SSSR count). The molecule has 4 nitrogen and oxygen atoms in total. The number of benzene rings is 2. The molecule has 0 unspecified atom stereocenters. The number of allylic oxidation sites excluding steroid dienone is 1. The quantitative estimate of drug-likeness (QED) is 0.351. The molecular weight excluding hydrogens is 348 g/mol. The average Bonchev–Trinajstić information content (AvgIpc) is 3.10. The van der Waals surface area contributed by atoms with Crippen molar-refractivity contribution in [2.75, 3.05) is 13.7 Å². The van der Waals surface area contributed by atoms with E-state index in [0.29, 0.717) is 17.0 Å². The maximum Gasteiger partial charge on any atom is 0.338 e. The molecule has 0 aliphatic rings. The number of esters is 1. The fraction of sp³-hybridized carbons (Fsp3) is 0.143. The topological polar surface area (TPSA) is 52.6 Å². The first-order valence-electron chi connectivity index (χ1n) is 8.18. The molecule has 1 heterocycles. The fourth-order valence-electron chi connectivity index (χ4n) is 2.46. The number of rotatable bonds is 6. The third-order valence-corrected chi connectivity index (χ3v) is 4.93. The lowest BCUT2D eigenvalue weighted by Gasteiger charge is -2.00. The number of ketones is 1. The highest BCUT2D eigenvalue weighted by Crippen LogP contribution is 2.27. The zero-order valence-electron chi connectivity index (χ0n) is 14.5. The molecule has 3 aromatic rings. The van der Waals surface area contributed by atoms with Gasteiger partial charge >= 0.3 is 5.97 Å². The smallest absolute Gasteiger partial charge is 0.338 e. The lowest BCUT2D eigenvalue weighted by Crippen LogP contribution is -2.03. The SMILES string of the molecule is CCOC(=O)c1ccc2cc(C(=O)/C=C/c3ccc(OC)cc3)sc2c1. The van der Waals surface area contributed by atoms with Crippen molar-refractivity contribution in [2.45, 2.75) is 6.92 Å². The fourth-order valence-corrected chi connectivity index (χ4v) is 3.49. The van der Waals surface area contributed by atoms with E-state index in [4.69, 9.17) is 9.47 Å². The summed E-state index contributed by atoms with van der Waals surface area (Å²) in [6.07, 6.45) is 3.33. The monoisotopic (exact) mass is 366 g/mol. The number of hydrogen-bond donors (Lipinski definition) is 0. The van der Waals surface area contributed by atoms with Gasteiger partial charge < -0.3 is 9.47 Å². The van der Waals surface area contributed by atoms with Crippen LogP contribution in [-0.2, 0) is 4.74 Å². The maximum atomic E-state index is 12.4. The van der Waals surface area contributed by atoms with E-state index < -0.39 is 0 Å². The van der Waals surface area contributed by atoms with E-state index in [-0.39, 0.29) is 11.8 Å². The Morgan fingerprint density at radius 3 is 2.54 bits per heavy atom. The predicted molar refractivity (Wildman–Crippen MR) is 104 cm³/mol. The standard InChI is InChI=1S/C21H18O4S/c1-3-25-21(23)16-8-7-15-12-20(26-19(15)13-16)18(22)11-6-14-4-9-17(24-2)10-5-14/h4-13H,3H2,1-2H3/b11-6+. The molecule has 132 valence electrons. The first-order valence-corrected chi connectivity index (χ1v) is 8.99. The molecular formula is C21H18O4S. The molecule has 0 aliphatic heterocycles. The Balaban J connectivity index is 1.79. The number of carbonyl (C=O) groups is 2. The summed E-state index contributed by atoms with van der Waals surface area (Å²) in [5.74, 6) is 0.352. The van der Waals surface area contributed by atoms with Crippen molar-refractivity contribution in [3.63, 3.8) is 0 Å². The molecule has 0 atom stereocenters. The summed E-state index contributed by atoms with van der Waals surface area (Å²) in [6, 6.07) is 14.6. The van der Waals surface area contributed by atoms with Crippen molar-refractivity contribution >= 4 is 39.3 Å². The van der Waals surface area contributed by atoms with Gasteiger partial charge in [-0.15, -0.1) is 11.3 Å². The second-order valence-electron chi connectivity index (χ2n) is 5.55. The van der Waals surface area contributed by atoms with Gasteiger partial charge in [0.25, 0.3) is 0 Å². The van der Waals surface area contributed by atoms with E-state index in [1.54, 1.807) is 38.3 Å². The van der Waals surface area contributed by atoms with E-state index >= 15 is 0 Å². The Morgan fingerprint density at radius 1 is 1.08 bits per heavy atom. The van der Waals surface area contributed by atoms with E-state index in [1.165, 1.54) is 11.3 Å². The third kappa shape index (κ3) is 4.00. The summed E-state index contributed by atoms with van der Waals surface area (Å²) in [6.45, 7) is 2.11. The molecule has 1 aromatic heterocycles. The maximum absolute atomic E-state index is 12.4. The highest BCUT2D eigenvalue weighted by Gasteiger charge is 2.11. The van der Waals surface area contributed by atoms with Gasteiger partial charge in [-0.3, -0.25) is 4.79 Å². The highest BCUT2D eigenvalue weighted by atomic mass is 32.1. The van der Waals surface area contributed by atoms with Crippen molar-refractivity contribution in [1.82, 2.24) is 0 Å². The van der Waals surface area contributed by atoms with Crippen molar-refractivity contribution in [1.29, 1.82) is 0 Å². The summed E-state index contributed by atoms with van der Waals surface area (Å²) < 4.78 is 11.0. The first-order chi connectivity index (χ1) is 12.6. The molecule has 0 radical (unpaired) electrons. The normalized spacial score (nSPS) is 11.0. The van der Waals surface area contributed by atoms with Crippen molar-refractivity contribution in [3.05, 3.63) is 70.6 Å². The average molecular weight is 366 g/mol. The Hall–Kier alpha value is -2.92. The number of ether oxygens (including phenoxy) is 2. The third-order valence-electron chi connectivity index (χ3n) is 3.82. The molecule has 0 amide bonds. The van der Waals surface area contributed by atoms with Crippen LogP contribution in [0.1, 0.15) is 32.5 Å². The van der Waals surface area contributed by atoms with E-state index in [2.05, 4.69) is 0 Å². The summed E-state index contributed by atoms with van der Waals surface area (Å²) in [7, 11) is 1.61. The number of fused-ring (bicyclic) bond motifs is 1. The van der Waals surface area contributed by atoms with Crippen LogP contribution in [0.25, 0.3) is 16.2 Å². The lowest BCUT2D eigenvalue weighted by molar-refractivity contribution is 0.0526. The summed E-state index contributed by atoms with van der Waals surface area (Å²) >= 11 is 1.37. The molecule has 2 aromatic carbocycles. The molecule has 0 saturated heterocycles. The van der Waals surface area contributed by atoms with E-state index in [1.807, 2.05) is 36.4 Å². The second-order valence-corrected chi connectivity index (χ2v) is 6.64. The lowest BCUT2D eigenvalue weighted by atomic mass is 10.1. The van der Waals surface area contributed by atoms with Gasteiger partial charge in [-0.25, -0.2) is 4.79 Å². The van der Waals surface area contributed by atoms with Crippen LogP contribution < -0.4 is 4.74 Å². The number of methoxy groups -OCH3 is 1. The van der Waals surface area contributed by atoms with Gasteiger partial charge in [-0.2, -0.15) is 0 Å². The number of thiophene rings is 1. The molecule has 0 bridgehead atoms. The van der Waals surface area contributed by atoms with Gasteiger partial charge in [0.2, 0.25) is 0 Å². The molecule has 0 saturated carbocycles. The highest BCUT2D eigenvalue weighted by molar-refractivity contribution is 7.21. The van der Waals surface area contributed by atoms with Gasteiger partial charge in [0.05, 0.1) is 24.2 Å². The summed E-state index contributed by atoms with van der Waals surface area (Å²) in [5.41, 5.74) is 1.42. The molecule has 0 spiro atoms. The zero-order valence-corrected chi connectivity index (χ0v) is 15.3. The van der Waals surface area contributed by atoms with E-state index in [0.717, 1.165) is 21.4 Å². The molecule has 26 heavy (non-hydrogen) atoms. The molecule has 0 fully saturated rings. The Labute approximate surface area is 155 Å². The predicted octanol–water partition coefficient (Wildman–Crippen LogP) is 4.98. The van der Waals surface area contributed by atoms with Crippen molar-refractivity contribution in [3.8, 4) is 5.75 Å². The number of carbonyl (C=O) groups excluding carboxylic acids is 2. The van der Waals surface area contributed by atoms with Gasteiger partial charge in [-0.1, -0.05) is 24.3 Å². The van der Waals surface area contributed by atoms with Crippen LogP contribution in [0.5, 0.6) is 5.75 Å². The second kappa shape index (κ2) is 7.97. The Morgan fingerprint density at radius 2 is 1.85 bits per heavy atom. The zero-order chi connectivity index (χ0) is 18.5. The van der Waals surface area contributed by atoms with Crippen LogP contribution in [0.3, 0.4) is 0 Å². The van der Waals surface area contributed by atoms with Crippen LogP contribution in [0, 0.1) is 0 Å². The van der Waals surface area contributed by atoms with Gasteiger partial charge in [0.15, 0.2) is 5.78 Å². The Kier molecular flexibility index (Phi) is 5.49. The minimum absolute atomic E-state index is 0.0697. The summed E-state index contributed by atoms with van der Waals surface area (Å²) in [4.78, 5) is 24.9. The minimum Gasteiger partial charge on any atom is -0.497 e. The van der Waals surface area contributed by atoms with E-state index in [9.17, 15) is 9.59 Å². The molecule has 5 heteroatoms. The van der Waals surface area contributed by atoms with Crippen LogP contribution in [0.2, 0.25) is 0 Å². The molecule has 0 aliphatic carbocycles. The van der Waals surface area contributed by atoms with Crippen LogP contribution >= 0.6 is 11.3 Å². The van der Waals surface area contributed by atoms with Crippen LogP contribution in [0.15, 0.2) is 54.6 Å². The molecule has 0 N–H and O–H groups in total. The van der Waals surface area contributed by atoms with Gasteiger partial charge in [0.1, 0.15) is 5.75 Å². The first kappa shape index (κ1) is 17.9. The van der Waals surface area contributed by atoms with Crippen molar-refractivity contribution < 1.29 is 19.1 Å². The Bertz CT molecular complexity index is 967. The van der Waals surface area contributed by atoms with Crippen molar-refractivity contribution in [2.24, 2.45) is 0 Å². The van der Waals surface area contributed by atoms with Crippen LogP contribution in [0.4, 0.5) is 0 Å².